The molecule has 0 radical (unpaired) electrons. The minimum atomic E-state index is -0.0715. The van der Waals surface area contributed by atoms with E-state index in [9.17, 15) is 5.11 Å². The van der Waals surface area contributed by atoms with Crippen LogP contribution in [0.2, 0.25) is 0 Å². The van der Waals surface area contributed by atoms with Gasteiger partial charge in [0.05, 0.1) is 0 Å². The van der Waals surface area contributed by atoms with Gasteiger partial charge in [-0.1, -0.05) is 12.1 Å². The Bertz CT molecular complexity index is 248. The highest BCUT2D eigenvalue weighted by atomic mass is 16.3. The number of para-hydroxylation sites is 1. The molecule has 0 aliphatic heterocycles. The van der Waals surface area contributed by atoms with Crippen molar-refractivity contribution < 1.29 is 10.2 Å². The molecule has 0 bridgehead atoms. The second kappa shape index (κ2) is 3.25. The Morgan fingerprint density at radius 1 is 1.36 bits per heavy atom. The number of phenolic OH excluding ortho intramolecular Hbond substituents is 2. The first-order chi connectivity index (χ1) is 5.25. The highest BCUT2D eigenvalue weighted by Gasteiger charge is 2.02. The largest absolute Gasteiger partial charge is 0.504 e. The molecule has 0 aliphatic carbocycles. The maximum atomic E-state index is 9.24. The first kappa shape index (κ1) is 7.88. The summed E-state index contributed by atoms with van der Waals surface area (Å²) in [4.78, 5) is 0. The molecule has 0 unspecified atom stereocenters. The van der Waals surface area contributed by atoms with Crippen molar-refractivity contribution in [3.63, 3.8) is 0 Å². The Hall–Kier alpha value is -1.22. The summed E-state index contributed by atoms with van der Waals surface area (Å²) >= 11 is 0. The van der Waals surface area contributed by atoms with Crippen LogP contribution in [0.25, 0.3) is 0 Å². The van der Waals surface area contributed by atoms with Crippen molar-refractivity contribution in [2.45, 2.75) is 6.54 Å². The molecular formula is C8H11NO2. The fourth-order valence-corrected chi connectivity index (χ4v) is 0.911. The average Bonchev–Trinajstić information content (AvgIpc) is 1.99. The predicted molar refractivity (Wildman–Crippen MR) is 42.5 cm³/mol. The first-order valence-electron chi connectivity index (χ1n) is 3.40. The van der Waals surface area contributed by atoms with Crippen LogP contribution >= 0.6 is 0 Å². The first-order valence-corrected chi connectivity index (χ1v) is 3.40. The van der Waals surface area contributed by atoms with E-state index in [0.717, 1.165) is 0 Å². The summed E-state index contributed by atoms with van der Waals surface area (Å²) in [5.74, 6) is -0.111. The van der Waals surface area contributed by atoms with E-state index < -0.39 is 0 Å². The van der Waals surface area contributed by atoms with Crippen LogP contribution in [0, 0.1) is 0 Å². The van der Waals surface area contributed by atoms with Crippen molar-refractivity contribution >= 4 is 0 Å². The zero-order valence-electron chi connectivity index (χ0n) is 6.33. The van der Waals surface area contributed by atoms with Gasteiger partial charge in [0.2, 0.25) is 0 Å². The normalized spacial score (nSPS) is 9.91. The van der Waals surface area contributed by atoms with Crippen molar-refractivity contribution in [2.75, 3.05) is 7.05 Å². The van der Waals surface area contributed by atoms with Crippen molar-refractivity contribution in [3.05, 3.63) is 23.8 Å². The van der Waals surface area contributed by atoms with E-state index in [1.165, 1.54) is 6.07 Å². The van der Waals surface area contributed by atoms with Gasteiger partial charge < -0.3 is 15.5 Å². The third-order valence-corrected chi connectivity index (χ3v) is 1.47. The van der Waals surface area contributed by atoms with Gasteiger partial charge in [-0.05, 0) is 13.1 Å². The van der Waals surface area contributed by atoms with Gasteiger partial charge in [-0.25, -0.2) is 0 Å². The molecule has 0 fully saturated rings. The summed E-state index contributed by atoms with van der Waals surface area (Å²) in [7, 11) is 1.78. The summed E-state index contributed by atoms with van der Waals surface area (Å²) in [6.45, 7) is 0.556. The van der Waals surface area contributed by atoms with E-state index >= 15 is 0 Å². The van der Waals surface area contributed by atoms with Crippen LogP contribution in [0.15, 0.2) is 18.2 Å². The zero-order valence-corrected chi connectivity index (χ0v) is 6.33. The number of nitrogens with one attached hydrogen (secondary N) is 1. The number of hydrogen-bond acceptors (Lipinski definition) is 3. The molecule has 0 aromatic heterocycles. The van der Waals surface area contributed by atoms with E-state index in [0.29, 0.717) is 12.1 Å². The smallest absolute Gasteiger partial charge is 0.161 e. The van der Waals surface area contributed by atoms with E-state index in [1.54, 1.807) is 19.2 Å². The molecule has 0 atom stereocenters. The molecule has 1 rings (SSSR count). The van der Waals surface area contributed by atoms with Crippen LogP contribution in [-0.2, 0) is 6.54 Å². The summed E-state index contributed by atoms with van der Waals surface area (Å²) in [5, 5.41) is 21.2. The van der Waals surface area contributed by atoms with Crippen molar-refractivity contribution in [1.82, 2.24) is 5.32 Å². The van der Waals surface area contributed by atoms with Crippen LogP contribution in [-0.4, -0.2) is 17.3 Å². The molecular weight excluding hydrogens is 142 g/mol. The van der Waals surface area contributed by atoms with Gasteiger partial charge in [0.1, 0.15) is 0 Å². The molecule has 1 aromatic carbocycles. The van der Waals surface area contributed by atoms with Gasteiger partial charge in [-0.2, -0.15) is 0 Å². The Morgan fingerprint density at radius 3 is 2.73 bits per heavy atom. The van der Waals surface area contributed by atoms with E-state index in [-0.39, 0.29) is 11.5 Å². The highest BCUT2D eigenvalue weighted by molar-refractivity contribution is 5.44. The van der Waals surface area contributed by atoms with Crippen molar-refractivity contribution in [1.29, 1.82) is 0 Å². The number of phenols is 2. The third-order valence-electron chi connectivity index (χ3n) is 1.47. The zero-order chi connectivity index (χ0) is 8.27. The van der Waals surface area contributed by atoms with Gasteiger partial charge >= 0.3 is 0 Å². The molecule has 0 amide bonds. The minimum Gasteiger partial charge on any atom is -0.504 e. The minimum absolute atomic E-state index is 0.0400. The van der Waals surface area contributed by atoms with Gasteiger partial charge in [0.15, 0.2) is 11.5 Å². The van der Waals surface area contributed by atoms with Gasteiger partial charge in [-0.15, -0.1) is 0 Å². The highest BCUT2D eigenvalue weighted by Crippen LogP contribution is 2.27. The summed E-state index contributed by atoms with van der Waals surface area (Å²) in [5.41, 5.74) is 0.701. The monoisotopic (exact) mass is 153 g/mol. The molecule has 3 heteroatoms. The quantitative estimate of drug-likeness (QED) is 0.551. The molecule has 3 nitrogen and oxygen atoms in total. The lowest BCUT2D eigenvalue weighted by atomic mass is 10.2. The lowest BCUT2D eigenvalue weighted by molar-refractivity contribution is 0.398. The standard InChI is InChI=1S/C8H11NO2/c1-9-5-6-3-2-4-7(10)8(6)11/h2-4,9-11H,5H2,1H3. The SMILES string of the molecule is CNCc1cccc(O)c1O. The molecule has 11 heavy (non-hydrogen) atoms. The Labute approximate surface area is 65.3 Å². The molecule has 3 N–H and O–H groups in total. The van der Waals surface area contributed by atoms with Crippen LogP contribution in [0.4, 0.5) is 0 Å². The van der Waals surface area contributed by atoms with Crippen LogP contribution in [0.5, 0.6) is 11.5 Å². The topological polar surface area (TPSA) is 52.5 Å². The van der Waals surface area contributed by atoms with Gasteiger partial charge in [-0.3, -0.25) is 0 Å². The maximum absolute atomic E-state index is 9.24. The number of benzene rings is 1. The lowest BCUT2D eigenvalue weighted by Crippen LogP contribution is -2.04. The fraction of sp³-hybridized carbons (Fsp3) is 0.250. The maximum Gasteiger partial charge on any atom is 0.161 e. The molecule has 60 valence electrons. The second-order valence-corrected chi connectivity index (χ2v) is 2.32. The molecule has 1 aromatic rings. The van der Waals surface area contributed by atoms with E-state index in [1.807, 2.05) is 0 Å². The Morgan fingerprint density at radius 2 is 2.09 bits per heavy atom. The third kappa shape index (κ3) is 1.62. The molecule has 0 saturated carbocycles. The molecule has 0 aliphatic rings. The lowest BCUT2D eigenvalue weighted by Gasteiger charge is -2.03. The molecule has 0 heterocycles. The molecule has 0 saturated heterocycles. The summed E-state index contributed by atoms with van der Waals surface area (Å²) in [6.07, 6.45) is 0. The van der Waals surface area contributed by atoms with E-state index in [4.69, 9.17) is 5.11 Å². The summed E-state index contributed by atoms with van der Waals surface area (Å²) < 4.78 is 0. The van der Waals surface area contributed by atoms with Crippen molar-refractivity contribution in [3.8, 4) is 11.5 Å². The number of aromatic hydroxyl groups is 2. The van der Waals surface area contributed by atoms with Crippen molar-refractivity contribution in [2.24, 2.45) is 0 Å². The number of hydrogen-bond donors (Lipinski definition) is 3. The number of rotatable bonds is 2. The van der Waals surface area contributed by atoms with Crippen LogP contribution in [0.3, 0.4) is 0 Å². The van der Waals surface area contributed by atoms with Crippen LogP contribution in [0.1, 0.15) is 5.56 Å². The van der Waals surface area contributed by atoms with E-state index in [2.05, 4.69) is 5.32 Å². The second-order valence-electron chi connectivity index (χ2n) is 2.32. The summed E-state index contributed by atoms with van der Waals surface area (Å²) in [6, 6.07) is 4.90. The molecule has 0 spiro atoms. The fourth-order valence-electron chi connectivity index (χ4n) is 0.911. The van der Waals surface area contributed by atoms with Crippen LogP contribution < -0.4 is 5.32 Å². The Balaban J connectivity index is 2.96. The van der Waals surface area contributed by atoms with Gasteiger partial charge in [0.25, 0.3) is 0 Å². The average molecular weight is 153 g/mol. The van der Waals surface area contributed by atoms with Gasteiger partial charge in [0, 0.05) is 12.1 Å². The predicted octanol–water partition coefficient (Wildman–Crippen LogP) is 0.817. The Kier molecular flexibility index (Phi) is 2.33.